The fraction of sp³-hybridized carbons (Fsp3) is 0.688. The van der Waals surface area contributed by atoms with Crippen molar-refractivity contribution in [3.8, 4) is 0 Å². The van der Waals surface area contributed by atoms with E-state index in [0.717, 1.165) is 43.4 Å². The van der Waals surface area contributed by atoms with E-state index in [-0.39, 0.29) is 0 Å². The zero-order chi connectivity index (χ0) is 15.5. The van der Waals surface area contributed by atoms with Gasteiger partial charge in [-0.1, -0.05) is 0 Å². The lowest BCUT2D eigenvalue weighted by Gasteiger charge is -2.39. The molecule has 1 aromatic rings. The fourth-order valence-electron chi connectivity index (χ4n) is 3.76. The molecule has 0 aliphatic carbocycles. The first-order valence-electron chi connectivity index (χ1n) is 8.15. The van der Waals surface area contributed by atoms with Gasteiger partial charge in [0.15, 0.2) is 0 Å². The van der Waals surface area contributed by atoms with Crippen LogP contribution in [0.4, 0.5) is 10.6 Å². The number of carboxylic acid groups (broad SMARTS) is 1. The third-order valence-electron chi connectivity index (χ3n) is 5.08. The van der Waals surface area contributed by atoms with Crippen LogP contribution in [0.3, 0.4) is 0 Å². The van der Waals surface area contributed by atoms with Crippen LogP contribution in [-0.2, 0) is 0 Å². The number of aromatic nitrogens is 2. The lowest BCUT2D eigenvalue weighted by atomic mass is 9.79. The predicted octanol–water partition coefficient (Wildman–Crippen LogP) is 2.39. The Labute approximate surface area is 131 Å². The number of hydrogen-bond donors (Lipinski definition) is 1. The van der Waals surface area contributed by atoms with Crippen molar-refractivity contribution in [2.45, 2.75) is 32.6 Å². The van der Waals surface area contributed by atoms with Gasteiger partial charge in [-0.3, -0.25) is 4.98 Å². The summed E-state index contributed by atoms with van der Waals surface area (Å²) in [5.41, 5.74) is 0.959. The molecule has 2 fully saturated rings. The smallest absolute Gasteiger partial charge is 0.407 e. The minimum atomic E-state index is -0.772. The van der Waals surface area contributed by atoms with E-state index >= 15 is 0 Å². The molecule has 3 rings (SSSR count). The first-order valence-corrected chi connectivity index (χ1v) is 8.15. The molecule has 1 aromatic heterocycles. The molecule has 0 unspecified atom stereocenters. The number of anilines is 1. The van der Waals surface area contributed by atoms with Crippen molar-refractivity contribution in [2.24, 2.45) is 11.8 Å². The maximum atomic E-state index is 11.0. The summed E-state index contributed by atoms with van der Waals surface area (Å²) in [5, 5.41) is 9.02. The summed E-state index contributed by atoms with van der Waals surface area (Å²) in [6, 6.07) is 0. The Morgan fingerprint density at radius 3 is 2.23 bits per heavy atom. The molecule has 0 bridgehead atoms. The Morgan fingerprint density at radius 2 is 1.68 bits per heavy atom. The minimum absolute atomic E-state index is 0.682. The van der Waals surface area contributed by atoms with Crippen molar-refractivity contribution in [1.29, 1.82) is 0 Å². The van der Waals surface area contributed by atoms with Crippen molar-refractivity contribution in [3.63, 3.8) is 0 Å². The maximum absolute atomic E-state index is 11.0. The molecule has 0 spiro atoms. The van der Waals surface area contributed by atoms with Crippen LogP contribution in [0.1, 0.15) is 31.4 Å². The summed E-state index contributed by atoms with van der Waals surface area (Å²) >= 11 is 0. The molecular formula is C16H24N4O2. The van der Waals surface area contributed by atoms with Gasteiger partial charge in [-0.15, -0.1) is 0 Å². The van der Waals surface area contributed by atoms with Gasteiger partial charge in [0.25, 0.3) is 0 Å². The molecule has 0 radical (unpaired) electrons. The molecule has 0 saturated carbocycles. The van der Waals surface area contributed by atoms with Gasteiger partial charge in [0.1, 0.15) is 5.82 Å². The third-order valence-corrected chi connectivity index (χ3v) is 5.08. The van der Waals surface area contributed by atoms with Crippen molar-refractivity contribution >= 4 is 11.9 Å². The predicted molar refractivity (Wildman–Crippen MR) is 84.0 cm³/mol. The lowest BCUT2D eigenvalue weighted by molar-refractivity contribution is 0.107. The number of nitrogens with zero attached hydrogens (tertiary/aromatic N) is 4. The number of amides is 1. The number of likely N-dealkylation sites (tertiary alicyclic amines) is 1. The van der Waals surface area contributed by atoms with E-state index in [2.05, 4.69) is 14.9 Å². The van der Waals surface area contributed by atoms with E-state index in [9.17, 15) is 4.79 Å². The highest BCUT2D eigenvalue weighted by molar-refractivity contribution is 5.64. The number of rotatable bonds is 2. The van der Waals surface area contributed by atoms with Crippen molar-refractivity contribution < 1.29 is 9.90 Å². The van der Waals surface area contributed by atoms with E-state index < -0.39 is 6.09 Å². The van der Waals surface area contributed by atoms with Gasteiger partial charge in [-0.05, 0) is 44.4 Å². The summed E-state index contributed by atoms with van der Waals surface area (Å²) < 4.78 is 0. The van der Waals surface area contributed by atoms with Crippen LogP contribution < -0.4 is 4.90 Å². The lowest BCUT2D eigenvalue weighted by Crippen LogP contribution is -2.42. The molecule has 3 heterocycles. The van der Waals surface area contributed by atoms with E-state index in [1.165, 1.54) is 12.8 Å². The second-order valence-corrected chi connectivity index (χ2v) is 6.45. The van der Waals surface area contributed by atoms with Crippen LogP contribution >= 0.6 is 0 Å². The number of carbonyl (C=O) groups is 1. The van der Waals surface area contributed by atoms with Gasteiger partial charge in [0, 0.05) is 32.4 Å². The Hall–Kier alpha value is -1.85. The summed E-state index contributed by atoms with van der Waals surface area (Å²) in [6.45, 7) is 5.43. The van der Waals surface area contributed by atoms with Gasteiger partial charge >= 0.3 is 6.09 Å². The highest BCUT2D eigenvalue weighted by Gasteiger charge is 2.31. The van der Waals surface area contributed by atoms with Crippen molar-refractivity contribution in [2.75, 3.05) is 31.1 Å². The SMILES string of the molecule is Cc1cncc(N2CCC(C3CCN(C(=O)O)CC3)CC2)n1. The monoisotopic (exact) mass is 304 g/mol. The zero-order valence-electron chi connectivity index (χ0n) is 13.1. The number of aryl methyl sites for hydroxylation is 1. The first-order chi connectivity index (χ1) is 10.6. The topological polar surface area (TPSA) is 69.6 Å². The van der Waals surface area contributed by atoms with Gasteiger partial charge in [-0.25, -0.2) is 9.78 Å². The van der Waals surface area contributed by atoms with Crippen molar-refractivity contribution in [3.05, 3.63) is 18.1 Å². The largest absolute Gasteiger partial charge is 0.465 e. The third kappa shape index (κ3) is 3.31. The first kappa shape index (κ1) is 15.1. The van der Waals surface area contributed by atoms with Crippen LogP contribution in [0, 0.1) is 18.8 Å². The molecule has 22 heavy (non-hydrogen) atoms. The maximum Gasteiger partial charge on any atom is 0.407 e. The van der Waals surface area contributed by atoms with Crippen LogP contribution in [0.25, 0.3) is 0 Å². The molecular weight excluding hydrogens is 280 g/mol. The van der Waals surface area contributed by atoms with Gasteiger partial charge in [0.05, 0.1) is 11.9 Å². The molecule has 2 aliphatic rings. The van der Waals surface area contributed by atoms with E-state index in [0.29, 0.717) is 19.0 Å². The Morgan fingerprint density at radius 1 is 1.09 bits per heavy atom. The van der Waals surface area contributed by atoms with E-state index in [4.69, 9.17) is 5.11 Å². The molecule has 2 saturated heterocycles. The average Bonchev–Trinajstić information content (AvgIpc) is 2.55. The second-order valence-electron chi connectivity index (χ2n) is 6.45. The highest BCUT2D eigenvalue weighted by Crippen LogP contribution is 2.33. The average molecular weight is 304 g/mol. The molecule has 6 heteroatoms. The van der Waals surface area contributed by atoms with E-state index in [1.54, 1.807) is 11.1 Å². The molecule has 0 atom stereocenters. The second kappa shape index (κ2) is 6.50. The quantitative estimate of drug-likeness (QED) is 0.908. The van der Waals surface area contributed by atoms with Crippen LogP contribution in [-0.4, -0.2) is 52.2 Å². The Kier molecular flexibility index (Phi) is 4.45. The van der Waals surface area contributed by atoms with Crippen LogP contribution in [0.2, 0.25) is 0 Å². The standard InChI is InChI=1S/C16H24N4O2/c1-12-10-17-11-15(18-12)19-6-2-13(3-7-19)14-4-8-20(9-5-14)16(21)22/h10-11,13-14H,2-9H2,1H3,(H,21,22). The zero-order valence-corrected chi connectivity index (χ0v) is 13.1. The summed E-state index contributed by atoms with van der Waals surface area (Å²) in [6.07, 6.45) is 7.24. The van der Waals surface area contributed by atoms with Crippen molar-refractivity contribution in [1.82, 2.24) is 14.9 Å². The molecule has 1 amide bonds. The number of piperidine rings is 2. The summed E-state index contributed by atoms with van der Waals surface area (Å²) in [7, 11) is 0. The summed E-state index contributed by atoms with van der Waals surface area (Å²) in [4.78, 5) is 23.6. The normalized spacial score (nSPS) is 21.1. The Bertz CT molecular complexity index is 521. The number of hydrogen-bond acceptors (Lipinski definition) is 4. The van der Waals surface area contributed by atoms with Crippen LogP contribution in [0.5, 0.6) is 0 Å². The molecule has 2 aliphatic heterocycles. The minimum Gasteiger partial charge on any atom is -0.465 e. The van der Waals surface area contributed by atoms with Crippen LogP contribution in [0.15, 0.2) is 12.4 Å². The molecule has 120 valence electrons. The van der Waals surface area contributed by atoms with Gasteiger partial charge in [0.2, 0.25) is 0 Å². The van der Waals surface area contributed by atoms with Gasteiger partial charge in [-0.2, -0.15) is 0 Å². The molecule has 0 aromatic carbocycles. The molecule has 6 nitrogen and oxygen atoms in total. The van der Waals surface area contributed by atoms with E-state index in [1.807, 2.05) is 13.1 Å². The highest BCUT2D eigenvalue weighted by atomic mass is 16.4. The Balaban J connectivity index is 1.51. The fourth-order valence-corrected chi connectivity index (χ4v) is 3.76. The molecule has 1 N–H and O–H groups in total. The summed E-state index contributed by atoms with van der Waals surface area (Å²) in [5.74, 6) is 2.39. The van der Waals surface area contributed by atoms with Gasteiger partial charge < -0.3 is 14.9 Å².